The summed E-state index contributed by atoms with van der Waals surface area (Å²) < 4.78 is 42.8. The Labute approximate surface area is 182 Å². The van der Waals surface area contributed by atoms with Crippen molar-refractivity contribution < 1.29 is 17.6 Å². The zero-order valence-corrected chi connectivity index (χ0v) is 17.4. The van der Waals surface area contributed by atoms with Crippen molar-refractivity contribution in [3.05, 3.63) is 84.2 Å². The number of nitrogens with one attached hydrogen (secondary N) is 2. The monoisotopic (exact) mass is 453 g/mol. The first-order valence-electron chi connectivity index (χ1n) is 9.23. The molecular formula is C20H16FN7O3S. The molecule has 0 fully saturated rings. The Morgan fingerprint density at radius 2 is 1.72 bits per heavy atom. The summed E-state index contributed by atoms with van der Waals surface area (Å²) >= 11 is 0. The molecule has 4 aromatic rings. The summed E-state index contributed by atoms with van der Waals surface area (Å²) in [5.41, 5.74) is 0.982. The molecule has 0 spiro atoms. The van der Waals surface area contributed by atoms with Crippen molar-refractivity contribution in [3.63, 3.8) is 0 Å². The quantitative estimate of drug-likeness (QED) is 0.459. The highest BCUT2D eigenvalue weighted by atomic mass is 32.2. The molecule has 2 heterocycles. The van der Waals surface area contributed by atoms with Gasteiger partial charge in [-0.05, 0) is 71.9 Å². The van der Waals surface area contributed by atoms with Gasteiger partial charge in [-0.15, -0.1) is 5.10 Å². The van der Waals surface area contributed by atoms with Gasteiger partial charge < -0.3 is 5.32 Å². The number of rotatable bonds is 6. The molecule has 0 unspecified atom stereocenters. The molecule has 2 N–H and O–H groups in total. The lowest BCUT2D eigenvalue weighted by molar-refractivity contribution is 0.102. The highest BCUT2D eigenvalue weighted by Crippen LogP contribution is 2.20. The van der Waals surface area contributed by atoms with Crippen LogP contribution in [0.15, 0.2) is 71.9 Å². The number of anilines is 2. The molecular weight excluding hydrogens is 437 g/mol. The highest BCUT2D eigenvalue weighted by Gasteiger charge is 2.16. The van der Waals surface area contributed by atoms with Gasteiger partial charge in [0.2, 0.25) is 0 Å². The molecule has 0 aliphatic rings. The molecule has 10 nitrogen and oxygen atoms in total. The third-order valence-electron chi connectivity index (χ3n) is 4.42. The first-order valence-corrected chi connectivity index (χ1v) is 10.7. The number of amides is 1. The molecule has 1 amide bonds. The number of pyridine rings is 1. The average Bonchev–Trinajstić information content (AvgIpc) is 3.21. The van der Waals surface area contributed by atoms with E-state index < -0.39 is 21.7 Å². The number of carbonyl (C=O) groups excluding carboxylic acids is 1. The van der Waals surface area contributed by atoms with Gasteiger partial charge in [0.15, 0.2) is 5.82 Å². The Bertz CT molecular complexity index is 1370. The van der Waals surface area contributed by atoms with Crippen molar-refractivity contribution in [1.82, 2.24) is 25.2 Å². The minimum absolute atomic E-state index is 0.0101. The molecule has 0 radical (unpaired) electrons. The zero-order chi connectivity index (χ0) is 22.7. The fraction of sp³-hybridized carbons (Fsp3) is 0.0500. The summed E-state index contributed by atoms with van der Waals surface area (Å²) in [4.78, 5) is 16.4. The smallest absolute Gasteiger partial charge is 0.261 e. The van der Waals surface area contributed by atoms with Gasteiger partial charge in [0.05, 0.1) is 10.6 Å². The predicted molar refractivity (Wildman–Crippen MR) is 113 cm³/mol. The molecule has 32 heavy (non-hydrogen) atoms. The van der Waals surface area contributed by atoms with Crippen LogP contribution in [0.5, 0.6) is 0 Å². The van der Waals surface area contributed by atoms with Crippen molar-refractivity contribution in [2.45, 2.75) is 11.8 Å². The summed E-state index contributed by atoms with van der Waals surface area (Å²) in [7, 11) is -3.83. The second kappa shape index (κ2) is 8.51. The number of carbonyl (C=O) groups is 1. The molecule has 12 heteroatoms. The van der Waals surface area contributed by atoms with E-state index in [2.05, 4.69) is 30.5 Å². The number of halogens is 1. The van der Waals surface area contributed by atoms with E-state index in [9.17, 15) is 17.6 Å². The summed E-state index contributed by atoms with van der Waals surface area (Å²) in [6, 6.07) is 12.4. The Kier molecular flexibility index (Phi) is 5.60. The van der Waals surface area contributed by atoms with Gasteiger partial charge in [0.1, 0.15) is 11.5 Å². The van der Waals surface area contributed by atoms with Crippen LogP contribution in [0.1, 0.15) is 16.2 Å². The SMILES string of the molecule is Cc1nnnn1-c1cc(NC(=O)c2ccc(S(=O)(=O)Nc3ccncc3)cc2)ccc1F. The minimum Gasteiger partial charge on any atom is -0.322 e. The lowest BCUT2D eigenvalue weighted by Crippen LogP contribution is -2.15. The van der Waals surface area contributed by atoms with E-state index in [1.54, 1.807) is 6.92 Å². The molecule has 0 bridgehead atoms. The maximum absolute atomic E-state index is 14.2. The average molecular weight is 453 g/mol. The van der Waals surface area contributed by atoms with E-state index in [1.807, 2.05) is 0 Å². The van der Waals surface area contributed by atoms with Crippen LogP contribution < -0.4 is 10.0 Å². The standard InChI is InChI=1S/C20H16FN7O3S/c1-13-24-26-27-28(13)19-12-16(4-7-18(19)21)23-20(29)14-2-5-17(6-3-14)32(30,31)25-15-8-10-22-11-9-15/h2-12H,1H3,(H,22,25)(H,23,29). The van der Waals surface area contributed by atoms with Crippen molar-refractivity contribution in [1.29, 1.82) is 0 Å². The van der Waals surface area contributed by atoms with E-state index in [0.717, 1.165) is 0 Å². The second-order valence-electron chi connectivity index (χ2n) is 6.62. The van der Waals surface area contributed by atoms with Crippen molar-refractivity contribution in [2.75, 3.05) is 10.0 Å². The van der Waals surface area contributed by atoms with E-state index in [-0.39, 0.29) is 16.1 Å². The summed E-state index contributed by atoms with van der Waals surface area (Å²) in [5.74, 6) is -0.679. The largest absolute Gasteiger partial charge is 0.322 e. The number of tetrazole rings is 1. The maximum Gasteiger partial charge on any atom is 0.261 e. The number of benzene rings is 2. The van der Waals surface area contributed by atoms with Gasteiger partial charge >= 0.3 is 0 Å². The fourth-order valence-electron chi connectivity index (χ4n) is 2.83. The lowest BCUT2D eigenvalue weighted by atomic mass is 10.2. The van der Waals surface area contributed by atoms with E-state index in [1.165, 1.54) is 71.7 Å². The number of hydrogen-bond donors (Lipinski definition) is 2. The van der Waals surface area contributed by atoms with Gasteiger partial charge in [-0.1, -0.05) is 0 Å². The van der Waals surface area contributed by atoms with Crippen LogP contribution >= 0.6 is 0 Å². The molecule has 0 aliphatic carbocycles. The van der Waals surface area contributed by atoms with Gasteiger partial charge in [0, 0.05) is 23.6 Å². The summed E-state index contributed by atoms with van der Waals surface area (Å²) in [6.45, 7) is 1.61. The number of aryl methyl sites for hydroxylation is 1. The van der Waals surface area contributed by atoms with Crippen LogP contribution in [0.25, 0.3) is 5.69 Å². The molecule has 162 valence electrons. The molecule has 4 rings (SSSR count). The lowest BCUT2D eigenvalue weighted by Gasteiger charge is -2.10. The van der Waals surface area contributed by atoms with Crippen LogP contribution in [-0.4, -0.2) is 39.5 Å². The van der Waals surface area contributed by atoms with Crippen LogP contribution in [-0.2, 0) is 10.0 Å². The topological polar surface area (TPSA) is 132 Å². The Morgan fingerprint density at radius 1 is 1.00 bits per heavy atom. The molecule has 0 atom stereocenters. The number of hydrogen-bond acceptors (Lipinski definition) is 7. The van der Waals surface area contributed by atoms with E-state index in [4.69, 9.17) is 0 Å². The first-order chi connectivity index (χ1) is 15.3. The van der Waals surface area contributed by atoms with Gasteiger partial charge in [0.25, 0.3) is 15.9 Å². The normalized spacial score (nSPS) is 11.2. The molecule has 0 saturated carbocycles. The zero-order valence-electron chi connectivity index (χ0n) is 16.6. The van der Waals surface area contributed by atoms with Gasteiger partial charge in [-0.25, -0.2) is 12.8 Å². The number of sulfonamides is 1. The minimum atomic E-state index is -3.83. The van der Waals surface area contributed by atoms with Crippen LogP contribution in [0.2, 0.25) is 0 Å². The Morgan fingerprint density at radius 3 is 2.38 bits per heavy atom. The molecule has 2 aromatic heterocycles. The third-order valence-corrected chi connectivity index (χ3v) is 5.81. The van der Waals surface area contributed by atoms with Crippen LogP contribution in [0.3, 0.4) is 0 Å². The number of nitrogens with zero attached hydrogens (tertiary/aromatic N) is 5. The van der Waals surface area contributed by atoms with Gasteiger partial charge in [-0.2, -0.15) is 4.68 Å². The predicted octanol–water partition coefficient (Wildman–Crippen LogP) is 2.56. The Balaban J connectivity index is 1.51. The van der Waals surface area contributed by atoms with Crippen molar-refractivity contribution in [2.24, 2.45) is 0 Å². The third kappa shape index (κ3) is 4.44. The fourth-order valence-corrected chi connectivity index (χ4v) is 3.89. The molecule has 2 aromatic carbocycles. The Hall–Kier alpha value is -4.19. The van der Waals surface area contributed by atoms with Crippen LogP contribution in [0.4, 0.5) is 15.8 Å². The van der Waals surface area contributed by atoms with Crippen molar-refractivity contribution in [3.8, 4) is 5.69 Å². The van der Waals surface area contributed by atoms with Crippen molar-refractivity contribution >= 4 is 27.3 Å². The van der Waals surface area contributed by atoms with E-state index >= 15 is 0 Å². The molecule has 0 aliphatic heterocycles. The first kappa shape index (κ1) is 21.1. The highest BCUT2D eigenvalue weighted by molar-refractivity contribution is 7.92. The summed E-state index contributed by atoms with van der Waals surface area (Å²) in [6.07, 6.45) is 2.93. The van der Waals surface area contributed by atoms with Gasteiger partial charge in [-0.3, -0.25) is 14.5 Å². The maximum atomic E-state index is 14.2. The molecule has 0 saturated heterocycles. The van der Waals surface area contributed by atoms with E-state index in [0.29, 0.717) is 17.2 Å². The second-order valence-corrected chi connectivity index (χ2v) is 8.31. The van der Waals surface area contributed by atoms with Crippen LogP contribution in [0, 0.1) is 12.7 Å². The number of aromatic nitrogens is 5. The summed E-state index contributed by atoms with van der Waals surface area (Å²) in [5, 5.41) is 13.6.